The molecule has 0 amide bonds. The number of benzene rings is 2. The van der Waals surface area contributed by atoms with Crippen molar-refractivity contribution in [3.8, 4) is 5.75 Å². The highest BCUT2D eigenvalue weighted by Crippen LogP contribution is 2.39. The van der Waals surface area contributed by atoms with Crippen molar-refractivity contribution in [2.24, 2.45) is 4.99 Å². The maximum absolute atomic E-state index is 13.5. The molecule has 0 spiro atoms. The summed E-state index contributed by atoms with van der Waals surface area (Å²) in [6.07, 6.45) is 0. The van der Waals surface area contributed by atoms with E-state index in [2.05, 4.69) is 15.0 Å². The fraction of sp³-hybridized carbons (Fsp3) is 0. The lowest BCUT2D eigenvalue weighted by Crippen LogP contribution is -2.27. The number of phenols is 1. The molecule has 0 radical (unpaired) electrons. The quantitative estimate of drug-likeness (QED) is 0.706. The van der Waals surface area contributed by atoms with Gasteiger partial charge >= 0.3 is 0 Å². The third-order valence-corrected chi connectivity index (χ3v) is 3.45. The molecule has 0 fully saturated rings. The number of aliphatic imine (C=N–C) groups is 1. The van der Waals surface area contributed by atoms with Crippen molar-refractivity contribution in [2.45, 2.75) is 4.90 Å². The highest BCUT2D eigenvalue weighted by molar-refractivity contribution is 7.98. The molecule has 2 aromatic rings. The van der Waals surface area contributed by atoms with Gasteiger partial charge in [-0.25, -0.2) is 13.8 Å². The van der Waals surface area contributed by atoms with Gasteiger partial charge in [-0.05, 0) is 30.1 Å². The fourth-order valence-electron chi connectivity index (χ4n) is 1.73. The van der Waals surface area contributed by atoms with E-state index in [1.165, 1.54) is 12.1 Å². The predicted molar refractivity (Wildman–Crippen MR) is 74.2 cm³/mol. The number of hydrogen-bond acceptors (Lipinski definition) is 5. The molecule has 0 aromatic heterocycles. The summed E-state index contributed by atoms with van der Waals surface area (Å²) >= 11 is 1.08. The van der Waals surface area contributed by atoms with Gasteiger partial charge in [0.15, 0.2) is 0 Å². The molecule has 0 atom stereocenters. The molecule has 1 aliphatic heterocycles. The van der Waals surface area contributed by atoms with E-state index in [1.54, 1.807) is 18.2 Å². The molecule has 7 heteroatoms. The van der Waals surface area contributed by atoms with Crippen LogP contribution in [0, 0.1) is 11.6 Å². The Kier molecular flexibility index (Phi) is 3.19. The number of phenolic OH excluding ortho intramolecular Hbond substituents is 1. The standard InChI is InChI=1S/C13H9F2N3OS/c14-7-5-10(19)12-11(6-7)20-18-13(17-12)16-9-4-2-1-3-8(9)15/h1-6,19H,(H2,16,17,18). The minimum atomic E-state index is -0.545. The molecule has 2 aromatic carbocycles. The minimum absolute atomic E-state index is 0.244. The molecule has 0 aliphatic carbocycles. The number of anilines is 1. The number of halogens is 2. The fourth-order valence-corrected chi connectivity index (χ4v) is 2.45. The van der Waals surface area contributed by atoms with Gasteiger partial charge in [0.2, 0.25) is 5.96 Å². The average Bonchev–Trinajstić information content (AvgIpc) is 2.42. The normalized spacial score (nSPS) is 13.2. The van der Waals surface area contributed by atoms with Gasteiger partial charge in [0.1, 0.15) is 23.1 Å². The van der Waals surface area contributed by atoms with Gasteiger partial charge in [-0.1, -0.05) is 12.1 Å². The molecule has 3 rings (SSSR count). The van der Waals surface area contributed by atoms with Crippen molar-refractivity contribution in [3.05, 3.63) is 48.0 Å². The number of para-hydroxylation sites is 1. The number of rotatable bonds is 1. The van der Waals surface area contributed by atoms with Crippen molar-refractivity contribution in [3.63, 3.8) is 0 Å². The Morgan fingerprint density at radius 3 is 2.80 bits per heavy atom. The highest BCUT2D eigenvalue weighted by atomic mass is 32.2. The molecular formula is C13H9F2N3OS. The molecule has 0 bridgehead atoms. The van der Waals surface area contributed by atoms with Crippen molar-refractivity contribution < 1.29 is 13.9 Å². The van der Waals surface area contributed by atoms with Crippen LogP contribution in [0.5, 0.6) is 5.75 Å². The van der Waals surface area contributed by atoms with Crippen LogP contribution in [0.1, 0.15) is 0 Å². The van der Waals surface area contributed by atoms with Gasteiger partial charge in [-0.2, -0.15) is 0 Å². The van der Waals surface area contributed by atoms with E-state index in [9.17, 15) is 13.9 Å². The first kappa shape index (κ1) is 12.7. The Hall–Kier alpha value is -2.28. The van der Waals surface area contributed by atoms with Gasteiger partial charge in [-0.3, -0.25) is 4.72 Å². The van der Waals surface area contributed by atoms with Gasteiger partial charge in [0.25, 0.3) is 0 Å². The van der Waals surface area contributed by atoms with Crippen LogP contribution in [0.4, 0.5) is 20.2 Å². The molecule has 4 nitrogen and oxygen atoms in total. The van der Waals surface area contributed by atoms with Crippen LogP contribution in [0.2, 0.25) is 0 Å². The van der Waals surface area contributed by atoms with E-state index < -0.39 is 11.6 Å². The van der Waals surface area contributed by atoms with Gasteiger partial charge in [-0.15, -0.1) is 0 Å². The second-order valence-electron chi connectivity index (χ2n) is 4.04. The molecule has 1 heterocycles. The van der Waals surface area contributed by atoms with E-state index in [0.29, 0.717) is 4.90 Å². The first-order valence-electron chi connectivity index (χ1n) is 5.69. The lowest BCUT2D eigenvalue weighted by molar-refractivity contribution is 0.468. The lowest BCUT2D eigenvalue weighted by Gasteiger charge is -2.18. The molecule has 0 saturated carbocycles. The summed E-state index contributed by atoms with van der Waals surface area (Å²) in [6.45, 7) is 0. The van der Waals surface area contributed by atoms with E-state index in [1.807, 2.05) is 0 Å². The summed E-state index contributed by atoms with van der Waals surface area (Å²) in [5.41, 5.74) is 0.499. The van der Waals surface area contributed by atoms with E-state index >= 15 is 0 Å². The van der Waals surface area contributed by atoms with E-state index in [-0.39, 0.29) is 23.1 Å². The molecule has 0 saturated heterocycles. The third-order valence-electron chi connectivity index (χ3n) is 2.63. The second kappa shape index (κ2) is 5.01. The van der Waals surface area contributed by atoms with E-state index in [4.69, 9.17) is 0 Å². The first-order chi connectivity index (χ1) is 9.63. The summed E-state index contributed by atoms with van der Waals surface area (Å²) in [7, 11) is 0. The minimum Gasteiger partial charge on any atom is -0.506 e. The molecule has 20 heavy (non-hydrogen) atoms. The largest absolute Gasteiger partial charge is 0.506 e. The van der Waals surface area contributed by atoms with Crippen LogP contribution in [0.15, 0.2) is 46.3 Å². The Morgan fingerprint density at radius 1 is 1.20 bits per heavy atom. The number of hydrogen-bond donors (Lipinski definition) is 3. The summed E-state index contributed by atoms with van der Waals surface area (Å²) in [6, 6.07) is 8.38. The Bertz CT molecular complexity index is 706. The van der Waals surface area contributed by atoms with Crippen molar-refractivity contribution >= 4 is 29.3 Å². The van der Waals surface area contributed by atoms with Crippen molar-refractivity contribution in [2.75, 3.05) is 5.32 Å². The van der Waals surface area contributed by atoms with Crippen LogP contribution in [-0.2, 0) is 0 Å². The zero-order valence-electron chi connectivity index (χ0n) is 10.0. The molecule has 102 valence electrons. The summed E-state index contributed by atoms with van der Waals surface area (Å²) in [5, 5.41) is 12.5. The number of guanidine groups is 1. The maximum atomic E-state index is 13.5. The molecule has 0 unspecified atom stereocenters. The Balaban J connectivity index is 1.93. The Morgan fingerprint density at radius 2 is 2.00 bits per heavy atom. The topological polar surface area (TPSA) is 56.7 Å². The highest BCUT2D eigenvalue weighted by Gasteiger charge is 2.18. The lowest BCUT2D eigenvalue weighted by atomic mass is 10.3. The predicted octanol–water partition coefficient (Wildman–Crippen LogP) is 3.38. The maximum Gasteiger partial charge on any atom is 0.211 e. The summed E-state index contributed by atoms with van der Waals surface area (Å²) < 4.78 is 29.5. The number of aromatic hydroxyl groups is 1. The second-order valence-corrected chi connectivity index (χ2v) is 4.89. The average molecular weight is 293 g/mol. The number of nitrogens with one attached hydrogen (secondary N) is 2. The SMILES string of the molecule is Oc1cc(F)cc2c1N=C(Nc1ccccc1F)NS2. The monoisotopic (exact) mass is 293 g/mol. The summed E-state index contributed by atoms with van der Waals surface area (Å²) in [5.74, 6) is -0.969. The zero-order chi connectivity index (χ0) is 14.1. The smallest absolute Gasteiger partial charge is 0.211 e. The van der Waals surface area contributed by atoms with Crippen molar-refractivity contribution in [1.82, 2.24) is 4.72 Å². The van der Waals surface area contributed by atoms with Gasteiger partial charge in [0.05, 0.1) is 10.6 Å². The molecule has 1 aliphatic rings. The van der Waals surface area contributed by atoms with Crippen LogP contribution in [0.3, 0.4) is 0 Å². The number of fused-ring (bicyclic) bond motifs is 1. The Labute approximate surface area is 117 Å². The van der Waals surface area contributed by atoms with Crippen LogP contribution in [0.25, 0.3) is 0 Å². The van der Waals surface area contributed by atoms with Crippen LogP contribution < -0.4 is 10.0 Å². The van der Waals surface area contributed by atoms with Gasteiger partial charge < -0.3 is 10.4 Å². The zero-order valence-corrected chi connectivity index (χ0v) is 10.8. The van der Waals surface area contributed by atoms with Gasteiger partial charge in [0, 0.05) is 6.07 Å². The van der Waals surface area contributed by atoms with Crippen LogP contribution in [-0.4, -0.2) is 11.1 Å². The first-order valence-corrected chi connectivity index (χ1v) is 6.51. The summed E-state index contributed by atoms with van der Waals surface area (Å²) in [4.78, 5) is 4.57. The third kappa shape index (κ3) is 2.39. The van der Waals surface area contributed by atoms with Crippen molar-refractivity contribution in [1.29, 1.82) is 0 Å². The van der Waals surface area contributed by atoms with E-state index in [0.717, 1.165) is 18.0 Å². The molecular weight excluding hydrogens is 284 g/mol. The van der Waals surface area contributed by atoms with Crippen LogP contribution >= 0.6 is 11.9 Å². The number of nitrogens with zero attached hydrogens (tertiary/aromatic N) is 1. The molecule has 3 N–H and O–H groups in total.